The normalized spacial score (nSPS) is 46.3. The summed E-state index contributed by atoms with van der Waals surface area (Å²) in [6.45, 7) is 0. The molecule has 5 atom stereocenters. The van der Waals surface area contributed by atoms with E-state index in [2.05, 4.69) is 0 Å². The molecule has 0 aromatic carbocycles. The molecule has 0 saturated heterocycles. The lowest BCUT2D eigenvalue weighted by Gasteiger charge is -2.53. The average molecular weight is 244 g/mol. The molecule has 0 aromatic rings. The molecular formula is C11H16O4S. The monoisotopic (exact) mass is 244 g/mol. The van der Waals surface area contributed by atoms with E-state index in [-0.39, 0.29) is 23.7 Å². The lowest BCUT2D eigenvalue weighted by atomic mass is 9.51. The smallest absolute Gasteiger partial charge is 0.264 e. The van der Waals surface area contributed by atoms with Crippen molar-refractivity contribution in [2.45, 2.75) is 31.8 Å². The van der Waals surface area contributed by atoms with Gasteiger partial charge in [0.2, 0.25) is 0 Å². The first-order valence-electron chi connectivity index (χ1n) is 5.87. The van der Waals surface area contributed by atoms with Crippen LogP contribution in [0.5, 0.6) is 0 Å². The number of rotatable bonds is 2. The van der Waals surface area contributed by atoms with Gasteiger partial charge in [-0.2, -0.15) is 8.42 Å². The molecule has 5 rings (SSSR count). The summed E-state index contributed by atoms with van der Waals surface area (Å²) in [6.07, 6.45) is 4.63. The number of Topliss-reactive ketones (excluding diaryl/α,β-unsaturated/α-hetero) is 1. The number of carbonyl (C=O) groups is 1. The van der Waals surface area contributed by atoms with Crippen LogP contribution >= 0.6 is 0 Å². The van der Waals surface area contributed by atoms with Gasteiger partial charge in [0.05, 0.1) is 12.4 Å². The first-order chi connectivity index (χ1) is 7.46. The predicted octanol–water partition coefficient (Wildman–Crippen LogP) is 0.966. The largest absolute Gasteiger partial charge is 0.299 e. The van der Waals surface area contributed by atoms with E-state index in [9.17, 15) is 13.2 Å². The zero-order valence-corrected chi connectivity index (χ0v) is 10.1. The third kappa shape index (κ3) is 1.52. The number of carbonyl (C=O) groups excluding carboxylic acids is 1. The number of ketones is 1. The zero-order valence-electron chi connectivity index (χ0n) is 9.26. The lowest BCUT2D eigenvalue weighted by Crippen LogP contribution is -2.57. The Morgan fingerprint density at radius 1 is 1.19 bits per heavy atom. The third-order valence-corrected chi connectivity index (χ3v) is 5.06. The summed E-state index contributed by atoms with van der Waals surface area (Å²) < 4.78 is 27.4. The molecule has 5 fully saturated rings. The maximum Gasteiger partial charge on any atom is 0.264 e. The Bertz CT molecular complexity index is 427. The molecule has 5 aliphatic rings. The molecule has 90 valence electrons. The SMILES string of the molecule is CS(=O)(=O)O[C@H]1C[C@@H]2C[C@H]3CC[C@@H]2C(=O)[C@H]31. The highest BCUT2D eigenvalue weighted by Crippen LogP contribution is 2.54. The van der Waals surface area contributed by atoms with Crippen LogP contribution in [0.25, 0.3) is 0 Å². The summed E-state index contributed by atoms with van der Waals surface area (Å²) in [5.74, 6) is 1.09. The number of hydrogen-bond donors (Lipinski definition) is 0. The molecule has 5 heteroatoms. The van der Waals surface area contributed by atoms with Crippen molar-refractivity contribution in [2.24, 2.45) is 23.7 Å². The zero-order chi connectivity index (χ0) is 11.5. The molecule has 0 aliphatic heterocycles. The molecule has 4 nitrogen and oxygen atoms in total. The van der Waals surface area contributed by atoms with E-state index < -0.39 is 10.1 Å². The lowest BCUT2D eigenvalue weighted by molar-refractivity contribution is -0.156. The molecule has 0 radical (unpaired) electrons. The van der Waals surface area contributed by atoms with Gasteiger partial charge in [-0.25, -0.2) is 0 Å². The van der Waals surface area contributed by atoms with E-state index in [1.54, 1.807) is 0 Å². The standard InChI is InChI=1S/C11H16O4S/c1-16(13,14)15-9-5-7-4-6-2-3-8(7)11(12)10(6)9/h6-10H,2-5H2,1H3/t6-,7+,8+,9+,10-/m1/s1. The minimum absolute atomic E-state index is 0.140. The van der Waals surface area contributed by atoms with Crippen molar-refractivity contribution in [3.63, 3.8) is 0 Å². The van der Waals surface area contributed by atoms with Gasteiger partial charge in [-0.15, -0.1) is 0 Å². The highest BCUT2D eigenvalue weighted by atomic mass is 32.2. The Hall–Kier alpha value is -0.420. The first-order valence-corrected chi connectivity index (χ1v) is 7.69. The van der Waals surface area contributed by atoms with Gasteiger partial charge in [0.25, 0.3) is 10.1 Å². The highest BCUT2D eigenvalue weighted by Gasteiger charge is 2.56. The van der Waals surface area contributed by atoms with Crippen LogP contribution in [-0.4, -0.2) is 26.6 Å². The molecule has 5 aliphatic carbocycles. The molecule has 0 heterocycles. The van der Waals surface area contributed by atoms with Gasteiger partial charge in [0, 0.05) is 11.8 Å². The number of hydrogen-bond acceptors (Lipinski definition) is 4. The van der Waals surface area contributed by atoms with Gasteiger partial charge in [-0.05, 0) is 37.5 Å². The van der Waals surface area contributed by atoms with Crippen LogP contribution in [0, 0.1) is 23.7 Å². The Morgan fingerprint density at radius 2 is 1.94 bits per heavy atom. The Kier molecular flexibility index (Phi) is 2.20. The van der Waals surface area contributed by atoms with E-state index in [4.69, 9.17) is 4.18 Å². The fraction of sp³-hybridized carbons (Fsp3) is 0.909. The Labute approximate surface area is 95.5 Å². The van der Waals surface area contributed by atoms with Gasteiger partial charge in [0.1, 0.15) is 5.78 Å². The second-order valence-electron chi connectivity index (χ2n) is 5.44. The van der Waals surface area contributed by atoms with E-state index in [0.717, 1.165) is 31.9 Å². The van der Waals surface area contributed by atoms with Crippen molar-refractivity contribution >= 4 is 15.9 Å². The van der Waals surface area contributed by atoms with E-state index in [0.29, 0.717) is 11.8 Å². The Morgan fingerprint density at radius 3 is 2.50 bits per heavy atom. The molecule has 16 heavy (non-hydrogen) atoms. The van der Waals surface area contributed by atoms with Gasteiger partial charge in [-0.1, -0.05) is 0 Å². The third-order valence-electron chi connectivity index (χ3n) is 4.46. The molecule has 0 aromatic heterocycles. The van der Waals surface area contributed by atoms with Crippen molar-refractivity contribution in [3.8, 4) is 0 Å². The minimum atomic E-state index is -3.44. The topological polar surface area (TPSA) is 60.4 Å². The highest BCUT2D eigenvalue weighted by molar-refractivity contribution is 7.86. The van der Waals surface area contributed by atoms with Gasteiger partial charge in [0.15, 0.2) is 0 Å². The summed E-state index contributed by atoms with van der Waals surface area (Å²) in [7, 11) is -3.44. The minimum Gasteiger partial charge on any atom is -0.299 e. The van der Waals surface area contributed by atoms with Crippen LogP contribution < -0.4 is 0 Å². The van der Waals surface area contributed by atoms with Crippen LogP contribution in [0.2, 0.25) is 0 Å². The Balaban J connectivity index is 1.87. The summed E-state index contributed by atoms with van der Waals surface area (Å²) in [5.41, 5.74) is 0. The van der Waals surface area contributed by atoms with Crippen LogP contribution in [0.3, 0.4) is 0 Å². The van der Waals surface area contributed by atoms with Crippen LogP contribution in [0.4, 0.5) is 0 Å². The average Bonchev–Trinajstić information content (AvgIpc) is 2.14. The second kappa shape index (κ2) is 3.29. The first kappa shape index (κ1) is 10.7. The fourth-order valence-corrected chi connectivity index (χ4v) is 4.64. The quantitative estimate of drug-likeness (QED) is 0.679. The summed E-state index contributed by atoms with van der Waals surface area (Å²) >= 11 is 0. The van der Waals surface area contributed by atoms with Gasteiger partial charge >= 0.3 is 0 Å². The molecular weight excluding hydrogens is 228 g/mol. The van der Waals surface area contributed by atoms with E-state index >= 15 is 0 Å². The van der Waals surface area contributed by atoms with Crippen molar-refractivity contribution in [2.75, 3.05) is 6.26 Å². The molecule has 4 bridgehead atoms. The van der Waals surface area contributed by atoms with Crippen molar-refractivity contribution in [1.29, 1.82) is 0 Å². The summed E-state index contributed by atoms with van der Waals surface area (Å²) in [4.78, 5) is 12.1. The van der Waals surface area contributed by atoms with E-state index in [1.807, 2.05) is 0 Å². The van der Waals surface area contributed by atoms with Crippen molar-refractivity contribution in [1.82, 2.24) is 0 Å². The van der Waals surface area contributed by atoms with Gasteiger partial charge in [-0.3, -0.25) is 8.98 Å². The molecule has 0 amide bonds. The van der Waals surface area contributed by atoms with E-state index in [1.165, 1.54) is 0 Å². The maximum atomic E-state index is 12.1. The molecule has 5 saturated carbocycles. The number of fused-ring (bicyclic) bond motifs is 2. The molecule has 0 N–H and O–H groups in total. The summed E-state index contributed by atoms with van der Waals surface area (Å²) in [6, 6.07) is 0. The second-order valence-corrected chi connectivity index (χ2v) is 7.04. The maximum absolute atomic E-state index is 12.1. The van der Waals surface area contributed by atoms with Crippen LogP contribution in [0.1, 0.15) is 25.7 Å². The fourth-order valence-electron chi connectivity index (χ4n) is 4.00. The predicted molar refractivity (Wildman–Crippen MR) is 57.2 cm³/mol. The van der Waals surface area contributed by atoms with Crippen molar-refractivity contribution < 1.29 is 17.4 Å². The summed E-state index contributed by atoms with van der Waals surface area (Å²) in [5, 5.41) is 0. The van der Waals surface area contributed by atoms with Crippen molar-refractivity contribution in [3.05, 3.63) is 0 Å². The van der Waals surface area contributed by atoms with Crippen LogP contribution in [0.15, 0.2) is 0 Å². The van der Waals surface area contributed by atoms with Crippen LogP contribution in [-0.2, 0) is 19.1 Å². The molecule has 0 unspecified atom stereocenters. The molecule has 0 spiro atoms. The van der Waals surface area contributed by atoms with Gasteiger partial charge < -0.3 is 0 Å².